The van der Waals surface area contributed by atoms with E-state index in [2.05, 4.69) is 5.32 Å². The quantitative estimate of drug-likeness (QED) is 0.147. The Bertz CT molecular complexity index is 731. The Labute approximate surface area is 205 Å². The zero-order valence-corrected chi connectivity index (χ0v) is 19.5. The fraction of sp³-hybridized carbons (Fsp3) is 0.950. The second-order valence-corrected chi connectivity index (χ2v) is 9.05. The van der Waals surface area contributed by atoms with Gasteiger partial charge in [0.15, 0.2) is 18.9 Å². The molecule has 3 rings (SSSR count). The number of aliphatic hydroxyl groups is 9. The van der Waals surface area contributed by atoms with Gasteiger partial charge in [0.25, 0.3) is 0 Å². The van der Waals surface area contributed by atoms with Crippen molar-refractivity contribution in [2.45, 2.75) is 106 Å². The van der Waals surface area contributed by atoms with Gasteiger partial charge in [0.05, 0.1) is 19.3 Å². The first-order valence-corrected chi connectivity index (χ1v) is 11.4. The van der Waals surface area contributed by atoms with Gasteiger partial charge in [-0.05, 0) is 6.92 Å². The summed E-state index contributed by atoms with van der Waals surface area (Å²) in [7, 11) is 0. The average Bonchev–Trinajstić information content (AvgIpc) is 2.83. The largest absolute Gasteiger partial charge is 0.394 e. The minimum atomic E-state index is -1.83. The maximum absolute atomic E-state index is 11.7. The summed E-state index contributed by atoms with van der Waals surface area (Å²) in [4.78, 5) is 11.7. The van der Waals surface area contributed by atoms with Gasteiger partial charge < -0.3 is 75.0 Å². The fourth-order valence-electron chi connectivity index (χ4n) is 4.38. The van der Waals surface area contributed by atoms with Gasteiger partial charge in [-0.25, -0.2) is 0 Å². The third-order valence-corrected chi connectivity index (χ3v) is 6.46. The molecule has 9 unspecified atom stereocenters. The smallest absolute Gasteiger partial charge is 0.217 e. The van der Waals surface area contributed by atoms with E-state index < -0.39 is 111 Å². The number of carbonyl (C=O) groups excluding carboxylic acids is 1. The van der Waals surface area contributed by atoms with Gasteiger partial charge in [-0.15, -0.1) is 0 Å². The molecular formula is C20H35NO15. The molecule has 0 aromatic rings. The van der Waals surface area contributed by atoms with Crippen molar-refractivity contribution in [1.29, 1.82) is 0 Å². The summed E-state index contributed by atoms with van der Waals surface area (Å²) < 4.78 is 27.4. The molecule has 36 heavy (non-hydrogen) atoms. The molecule has 10 N–H and O–H groups in total. The highest BCUT2D eigenvalue weighted by Gasteiger charge is 2.53. The molecule has 3 saturated heterocycles. The molecule has 0 saturated carbocycles. The highest BCUT2D eigenvalue weighted by Crippen LogP contribution is 2.32. The number of hydrogen-bond donors (Lipinski definition) is 10. The van der Waals surface area contributed by atoms with Crippen LogP contribution < -0.4 is 5.32 Å². The zero-order valence-electron chi connectivity index (χ0n) is 19.5. The Kier molecular flexibility index (Phi) is 9.97. The van der Waals surface area contributed by atoms with Crippen LogP contribution in [-0.4, -0.2) is 157 Å². The van der Waals surface area contributed by atoms with Gasteiger partial charge in [-0.1, -0.05) is 0 Å². The van der Waals surface area contributed by atoms with Crippen molar-refractivity contribution in [1.82, 2.24) is 5.32 Å². The third kappa shape index (κ3) is 5.97. The maximum Gasteiger partial charge on any atom is 0.217 e. The van der Waals surface area contributed by atoms with Gasteiger partial charge >= 0.3 is 0 Å². The molecule has 3 aliphatic heterocycles. The Balaban J connectivity index is 1.89. The van der Waals surface area contributed by atoms with Crippen LogP contribution in [0.25, 0.3) is 0 Å². The van der Waals surface area contributed by atoms with Crippen molar-refractivity contribution in [2.75, 3.05) is 13.2 Å². The molecule has 0 radical (unpaired) electrons. The lowest BCUT2D eigenvalue weighted by Gasteiger charge is -2.48. The first-order valence-electron chi connectivity index (χ1n) is 11.4. The zero-order chi connectivity index (χ0) is 26.9. The molecule has 3 fully saturated rings. The molecule has 16 nitrogen and oxygen atoms in total. The molecule has 3 aliphatic rings. The van der Waals surface area contributed by atoms with Gasteiger partial charge in [-0.3, -0.25) is 4.79 Å². The van der Waals surface area contributed by atoms with Crippen molar-refractivity contribution in [3.05, 3.63) is 0 Å². The normalized spacial score (nSPS) is 50.0. The second-order valence-electron chi connectivity index (χ2n) is 9.05. The van der Waals surface area contributed by atoms with Crippen LogP contribution in [0.1, 0.15) is 13.8 Å². The number of ether oxygens (including phenoxy) is 5. The fourth-order valence-corrected chi connectivity index (χ4v) is 4.38. The highest BCUT2D eigenvalue weighted by atomic mass is 16.8. The molecule has 210 valence electrons. The van der Waals surface area contributed by atoms with Gasteiger partial charge in [0, 0.05) is 6.92 Å². The Morgan fingerprint density at radius 2 is 1.31 bits per heavy atom. The van der Waals surface area contributed by atoms with E-state index in [-0.39, 0.29) is 0 Å². The molecule has 1 amide bonds. The van der Waals surface area contributed by atoms with Crippen molar-refractivity contribution in [3.63, 3.8) is 0 Å². The molecule has 0 aliphatic carbocycles. The molecule has 3 heterocycles. The number of amides is 1. The van der Waals surface area contributed by atoms with Crippen LogP contribution in [0.3, 0.4) is 0 Å². The summed E-state index contributed by atoms with van der Waals surface area (Å²) in [5.74, 6) is -0.632. The van der Waals surface area contributed by atoms with E-state index in [1.54, 1.807) is 0 Å². The van der Waals surface area contributed by atoms with E-state index >= 15 is 0 Å². The van der Waals surface area contributed by atoms with Crippen LogP contribution in [0.5, 0.6) is 0 Å². The summed E-state index contributed by atoms with van der Waals surface area (Å²) in [5.41, 5.74) is 0. The van der Waals surface area contributed by atoms with Gasteiger partial charge in [-0.2, -0.15) is 0 Å². The lowest BCUT2D eigenvalue weighted by Crippen LogP contribution is -2.68. The SMILES string of the molecule is CC(=O)NC1C(O[C@@H]2OC(CO)[C@H](O)C(O)C2OC2O[C@@H](C)C(O)C(O)[C@@H]2O)[C@H](O)C(CO)O[C@H]1O. The van der Waals surface area contributed by atoms with E-state index in [1.165, 1.54) is 6.92 Å². The summed E-state index contributed by atoms with van der Waals surface area (Å²) in [5, 5.41) is 93.8. The van der Waals surface area contributed by atoms with E-state index in [4.69, 9.17) is 23.7 Å². The predicted octanol–water partition coefficient (Wildman–Crippen LogP) is -6.40. The van der Waals surface area contributed by atoms with Crippen molar-refractivity contribution < 1.29 is 74.4 Å². The maximum atomic E-state index is 11.7. The average molecular weight is 529 g/mol. The molecule has 15 atom stereocenters. The Morgan fingerprint density at radius 3 is 1.89 bits per heavy atom. The molecule has 0 spiro atoms. The van der Waals surface area contributed by atoms with Crippen LogP contribution in [0.15, 0.2) is 0 Å². The molecule has 0 bridgehead atoms. The summed E-state index contributed by atoms with van der Waals surface area (Å²) in [6.07, 6.45) is -22.2. The minimum Gasteiger partial charge on any atom is -0.394 e. The van der Waals surface area contributed by atoms with Crippen LogP contribution in [0.4, 0.5) is 0 Å². The monoisotopic (exact) mass is 529 g/mol. The molecule has 0 aromatic heterocycles. The van der Waals surface area contributed by atoms with Crippen LogP contribution in [-0.2, 0) is 28.5 Å². The molecular weight excluding hydrogens is 494 g/mol. The van der Waals surface area contributed by atoms with E-state index in [9.17, 15) is 50.8 Å². The lowest BCUT2D eigenvalue weighted by atomic mass is 9.95. The number of carbonyl (C=O) groups is 1. The van der Waals surface area contributed by atoms with Gasteiger partial charge in [0.2, 0.25) is 5.91 Å². The number of rotatable bonds is 7. The summed E-state index contributed by atoms with van der Waals surface area (Å²) >= 11 is 0. The predicted molar refractivity (Wildman–Crippen MR) is 111 cm³/mol. The van der Waals surface area contributed by atoms with Crippen molar-refractivity contribution in [2.24, 2.45) is 0 Å². The van der Waals surface area contributed by atoms with Crippen molar-refractivity contribution in [3.8, 4) is 0 Å². The number of hydrogen-bond acceptors (Lipinski definition) is 15. The van der Waals surface area contributed by atoms with Gasteiger partial charge in [0.1, 0.15) is 67.1 Å². The lowest BCUT2D eigenvalue weighted by molar-refractivity contribution is -0.380. The van der Waals surface area contributed by atoms with Crippen molar-refractivity contribution >= 4 is 5.91 Å². The molecule has 0 aromatic carbocycles. The van der Waals surface area contributed by atoms with Crippen LogP contribution >= 0.6 is 0 Å². The topological polar surface area (TPSA) is 257 Å². The first kappa shape index (κ1) is 29.5. The number of aliphatic hydroxyl groups excluding tert-OH is 9. The third-order valence-electron chi connectivity index (χ3n) is 6.46. The number of nitrogens with one attached hydrogen (secondary N) is 1. The highest BCUT2D eigenvalue weighted by molar-refractivity contribution is 5.73. The van der Waals surface area contributed by atoms with E-state index in [0.717, 1.165) is 6.92 Å². The standard InChI is InChI=1S/C20H35NO15/c1-5-10(25)13(28)15(30)19(32-5)36-17-14(29)11(26)7(3-22)34-20(17)35-16-9(21-6(2)24)18(31)33-8(4-23)12(16)27/h5,7-20,22-23,25-31H,3-4H2,1-2H3,(H,21,24)/t5-,7?,8?,9?,10?,11-,12+,13?,14?,15-,16?,17?,18+,19?,20-/m0/s1. The van der Waals surface area contributed by atoms with Crippen LogP contribution in [0.2, 0.25) is 0 Å². The van der Waals surface area contributed by atoms with E-state index in [0.29, 0.717) is 0 Å². The second kappa shape index (κ2) is 12.2. The Hall–Kier alpha value is -1.09. The molecule has 16 heteroatoms. The van der Waals surface area contributed by atoms with E-state index in [1.807, 2.05) is 0 Å². The summed E-state index contributed by atoms with van der Waals surface area (Å²) in [6.45, 7) is 1.00. The van der Waals surface area contributed by atoms with Crippen LogP contribution in [0, 0.1) is 0 Å². The summed E-state index contributed by atoms with van der Waals surface area (Å²) in [6, 6.07) is -1.39. The first-order chi connectivity index (χ1) is 16.9. The Morgan fingerprint density at radius 1 is 0.722 bits per heavy atom. The minimum absolute atomic E-state index is 0.632.